The Bertz CT molecular complexity index is 359. The molecule has 0 aromatic carbocycles. The molecule has 0 aliphatic rings. The van der Waals surface area contributed by atoms with Gasteiger partial charge in [-0.25, -0.2) is 4.79 Å². The van der Waals surface area contributed by atoms with E-state index in [1.54, 1.807) is 0 Å². The highest BCUT2D eigenvalue weighted by molar-refractivity contribution is 7.10. The third kappa shape index (κ3) is 2.82. The number of nitrogens with zero attached hydrogens (tertiary/aromatic N) is 1. The fourth-order valence-corrected chi connectivity index (χ4v) is 1.55. The van der Waals surface area contributed by atoms with Gasteiger partial charge in [-0.3, -0.25) is 0 Å². The molecule has 4 N–H and O–H groups in total. The van der Waals surface area contributed by atoms with Crippen molar-refractivity contribution in [1.29, 1.82) is 0 Å². The van der Waals surface area contributed by atoms with Crippen LogP contribution in [0, 0.1) is 0 Å². The van der Waals surface area contributed by atoms with Crippen LogP contribution in [0.25, 0.3) is 0 Å². The van der Waals surface area contributed by atoms with E-state index in [9.17, 15) is 4.79 Å². The van der Waals surface area contributed by atoms with Crippen molar-refractivity contribution in [2.24, 2.45) is 16.6 Å². The first kappa shape index (κ1) is 10.7. The van der Waals surface area contributed by atoms with Crippen LogP contribution < -0.4 is 11.5 Å². The highest BCUT2D eigenvalue weighted by Crippen LogP contribution is 2.13. The number of rotatable bonds is 3. The first-order valence-electron chi connectivity index (χ1n) is 3.92. The van der Waals surface area contributed by atoms with E-state index in [0.29, 0.717) is 6.54 Å². The molecule has 1 aromatic heterocycles. The summed E-state index contributed by atoms with van der Waals surface area (Å²) in [5.41, 5.74) is 11.7. The molecule has 6 heteroatoms. The number of amidine groups is 1. The zero-order valence-electron chi connectivity index (χ0n) is 7.69. The van der Waals surface area contributed by atoms with Gasteiger partial charge in [0.2, 0.25) is 0 Å². The van der Waals surface area contributed by atoms with Gasteiger partial charge in [0.05, 0.1) is 0 Å². The van der Waals surface area contributed by atoms with E-state index in [-0.39, 0.29) is 5.84 Å². The van der Waals surface area contributed by atoms with Crippen LogP contribution in [-0.4, -0.2) is 11.8 Å². The topological polar surface area (TPSA) is 90.7 Å². The monoisotopic (exact) mass is 213 g/mol. The fourth-order valence-electron chi connectivity index (χ4n) is 0.788. The molecule has 0 amide bonds. The third-order valence-corrected chi connectivity index (χ3v) is 2.38. The average molecular weight is 213 g/mol. The summed E-state index contributed by atoms with van der Waals surface area (Å²) in [7, 11) is 0. The standard InChI is InChI=1S/C8H11N3O2S/c1-5(12)13-11-8(10)6-2-7(3-9)14-4-6/h2,4H,3,9H2,1H3,(H2,10,11). The molecule has 0 unspecified atom stereocenters. The highest BCUT2D eigenvalue weighted by atomic mass is 32.1. The Kier molecular flexibility index (Phi) is 3.61. The number of carbonyl (C=O) groups is 1. The highest BCUT2D eigenvalue weighted by Gasteiger charge is 2.03. The van der Waals surface area contributed by atoms with Crippen molar-refractivity contribution in [1.82, 2.24) is 0 Å². The maximum atomic E-state index is 10.4. The number of hydrogen-bond donors (Lipinski definition) is 2. The molecule has 0 atom stereocenters. The first-order valence-corrected chi connectivity index (χ1v) is 4.80. The molecule has 1 heterocycles. The van der Waals surface area contributed by atoms with Gasteiger partial charge in [-0.1, -0.05) is 5.16 Å². The molecule has 0 saturated carbocycles. The van der Waals surface area contributed by atoms with Gasteiger partial charge in [0.1, 0.15) is 0 Å². The van der Waals surface area contributed by atoms with Crippen LogP contribution in [0.3, 0.4) is 0 Å². The number of thiophene rings is 1. The van der Waals surface area contributed by atoms with Crippen LogP contribution in [0.2, 0.25) is 0 Å². The number of carbonyl (C=O) groups excluding carboxylic acids is 1. The summed E-state index contributed by atoms with van der Waals surface area (Å²) < 4.78 is 0. The van der Waals surface area contributed by atoms with Crippen molar-refractivity contribution in [3.63, 3.8) is 0 Å². The lowest BCUT2D eigenvalue weighted by Gasteiger charge is -1.94. The summed E-state index contributed by atoms with van der Waals surface area (Å²) in [5, 5.41) is 5.26. The van der Waals surface area contributed by atoms with Gasteiger partial charge >= 0.3 is 5.97 Å². The predicted molar refractivity (Wildman–Crippen MR) is 54.7 cm³/mol. The Morgan fingerprint density at radius 1 is 1.71 bits per heavy atom. The van der Waals surface area contributed by atoms with Gasteiger partial charge < -0.3 is 16.3 Å². The second kappa shape index (κ2) is 4.73. The van der Waals surface area contributed by atoms with Gasteiger partial charge in [-0.05, 0) is 6.07 Å². The summed E-state index contributed by atoms with van der Waals surface area (Å²) in [6.45, 7) is 1.72. The molecule has 14 heavy (non-hydrogen) atoms. The lowest BCUT2D eigenvalue weighted by Crippen LogP contribution is -2.13. The molecule has 0 aliphatic heterocycles. The Hall–Kier alpha value is -1.40. The molecule has 0 aliphatic carbocycles. The van der Waals surface area contributed by atoms with Gasteiger partial charge in [-0.15, -0.1) is 11.3 Å². The van der Waals surface area contributed by atoms with Crippen molar-refractivity contribution in [2.75, 3.05) is 0 Å². The Morgan fingerprint density at radius 2 is 2.43 bits per heavy atom. The summed E-state index contributed by atoms with van der Waals surface area (Å²) in [5.74, 6) is -0.321. The van der Waals surface area contributed by atoms with Crippen LogP contribution in [0.4, 0.5) is 0 Å². The van der Waals surface area contributed by atoms with Crippen molar-refractivity contribution < 1.29 is 9.63 Å². The maximum Gasteiger partial charge on any atom is 0.332 e. The fraction of sp³-hybridized carbons (Fsp3) is 0.250. The SMILES string of the molecule is CC(=O)O/N=C(/N)c1csc(CN)c1. The quantitative estimate of drug-likeness (QED) is 0.329. The molecule has 76 valence electrons. The summed E-state index contributed by atoms with van der Waals surface area (Å²) in [6, 6.07) is 1.81. The summed E-state index contributed by atoms with van der Waals surface area (Å²) in [4.78, 5) is 15.8. The van der Waals surface area contributed by atoms with Crippen molar-refractivity contribution in [2.45, 2.75) is 13.5 Å². The Morgan fingerprint density at radius 3 is 2.93 bits per heavy atom. The molecule has 0 bridgehead atoms. The normalized spacial score (nSPS) is 11.4. The second-order valence-corrected chi connectivity index (χ2v) is 3.56. The zero-order valence-corrected chi connectivity index (χ0v) is 8.50. The lowest BCUT2D eigenvalue weighted by molar-refractivity contribution is -0.140. The van der Waals surface area contributed by atoms with Crippen LogP contribution in [-0.2, 0) is 16.2 Å². The minimum absolute atomic E-state index is 0.177. The summed E-state index contributed by atoms with van der Waals surface area (Å²) >= 11 is 1.49. The molecule has 0 saturated heterocycles. The van der Waals surface area contributed by atoms with Gasteiger partial charge in [-0.2, -0.15) is 0 Å². The van der Waals surface area contributed by atoms with E-state index in [1.807, 2.05) is 11.4 Å². The van der Waals surface area contributed by atoms with E-state index in [4.69, 9.17) is 11.5 Å². The molecule has 1 rings (SSSR count). The molecular weight excluding hydrogens is 202 g/mol. The van der Waals surface area contributed by atoms with Crippen LogP contribution in [0.5, 0.6) is 0 Å². The van der Waals surface area contributed by atoms with Crippen LogP contribution >= 0.6 is 11.3 Å². The van der Waals surface area contributed by atoms with Gasteiger partial charge in [0.15, 0.2) is 5.84 Å². The molecule has 5 nitrogen and oxygen atoms in total. The largest absolute Gasteiger partial charge is 0.380 e. The minimum atomic E-state index is -0.498. The first-order chi connectivity index (χ1) is 6.63. The zero-order chi connectivity index (χ0) is 10.6. The van der Waals surface area contributed by atoms with Crippen molar-refractivity contribution in [3.05, 3.63) is 21.9 Å². The van der Waals surface area contributed by atoms with Crippen molar-refractivity contribution >= 4 is 23.1 Å². The molecule has 1 aromatic rings. The van der Waals surface area contributed by atoms with Crippen LogP contribution in [0.1, 0.15) is 17.4 Å². The summed E-state index contributed by atoms with van der Waals surface area (Å²) in [6.07, 6.45) is 0. The Labute approximate surface area is 85.3 Å². The molecule has 0 spiro atoms. The maximum absolute atomic E-state index is 10.4. The van der Waals surface area contributed by atoms with E-state index in [2.05, 4.69) is 9.99 Å². The number of oxime groups is 1. The molecular formula is C8H11N3O2S. The predicted octanol–water partition coefficient (Wildman–Crippen LogP) is 0.390. The number of hydrogen-bond acceptors (Lipinski definition) is 5. The van der Waals surface area contributed by atoms with E-state index >= 15 is 0 Å². The number of nitrogens with two attached hydrogens (primary N) is 2. The average Bonchev–Trinajstić information content (AvgIpc) is 2.62. The van der Waals surface area contributed by atoms with Gasteiger partial charge in [0, 0.05) is 29.3 Å². The smallest absolute Gasteiger partial charge is 0.332 e. The third-order valence-electron chi connectivity index (χ3n) is 1.42. The van der Waals surface area contributed by atoms with Crippen molar-refractivity contribution in [3.8, 4) is 0 Å². The van der Waals surface area contributed by atoms with Gasteiger partial charge in [0.25, 0.3) is 0 Å². The van der Waals surface area contributed by atoms with Crippen LogP contribution in [0.15, 0.2) is 16.6 Å². The molecule has 0 fully saturated rings. The Balaban J connectivity index is 2.73. The van der Waals surface area contributed by atoms with E-state index in [1.165, 1.54) is 18.3 Å². The van der Waals surface area contributed by atoms with E-state index < -0.39 is 5.97 Å². The lowest BCUT2D eigenvalue weighted by atomic mass is 10.3. The second-order valence-electron chi connectivity index (χ2n) is 2.57. The minimum Gasteiger partial charge on any atom is -0.380 e. The van der Waals surface area contributed by atoms with E-state index in [0.717, 1.165) is 10.4 Å². The molecule has 0 radical (unpaired) electrons.